The Morgan fingerprint density at radius 2 is 2.05 bits per heavy atom. The number of H-pyrrole nitrogens is 1. The molecule has 21 heavy (non-hydrogen) atoms. The molecule has 2 N–H and O–H groups in total. The lowest BCUT2D eigenvalue weighted by atomic mass is 9.99. The van der Waals surface area contributed by atoms with Gasteiger partial charge in [0, 0.05) is 34.6 Å². The highest BCUT2D eigenvalue weighted by Gasteiger charge is 2.09. The van der Waals surface area contributed by atoms with Crippen LogP contribution in [0, 0.1) is 0 Å². The lowest BCUT2D eigenvalue weighted by Crippen LogP contribution is -1.96. The van der Waals surface area contributed by atoms with Gasteiger partial charge in [-0.1, -0.05) is 37.3 Å². The first-order chi connectivity index (χ1) is 10.2. The fourth-order valence-electron chi connectivity index (χ4n) is 2.57. The van der Waals surface area contributed by atoms with Gasteiger partial charge in [0.25, 0.3) is 0 Å². The molecule has 0 amide bonds. The standard InChI is InChI=1S/C18H17NO2/c1-2-18(21)14-5-3-4-13(9-14)16-10-19-17-8-12(11-20)6-7-15(16)17/h3-10,19-20H,2,11H2,1H3. The van der Waals surface area contributed by atoms with Crippen molar-refractivity contribution in [2.45, 2.75) is 20.0 Å². The van der Waals surface area contributed by atoms with Crippen molar-refractivity contribution in [3.05, 3.63) is 59.8 Å². The molecule has 3 heteroatoms. The van der Waals surface area contributed by atoms with Gasteiger partial charge in [-0.15, -0.1) is 0 Å². The summed E-state index contributed by atoms with van der Waals surface area (Å²) >= 11 is 0. The van der Waals surface area contributed by atoms with E-state index < -0.39 is 0 Å². The van der Waals surface area contributed by atoms with E-state index in [2.05, 4.69) is 4.98 Å². The summed E-state index contributed by atoms with van der Waals surface area (Å²) in [5.74, 6) is 0.152. The number of hydrogen-bond donors (Lipinski definition) is 2. The van der Waals surface area contributed by atoms with Gasteiger partial charge in [-0.25, -0.2) is 0 Å². The van der Waals surface area contributed by atoms with Crippen LogP contribution in [-0.4, -0.2) is 15.9 Å². The number of nitrogens with one attached hydrogen (secondary N) is 1. The van der Waals surface area contributed by atoms with Gasteiger partial charge < -0.3 is 10.1 Å². The average Bonchev–Trinajstić information content (AvgIpc) is 2.97. The number of aromatic nitrogens is 1. The second-order valence-electron chi connectivity index (χ2n) is 5.10. The summed E-state index contributed by atoms with van der Waals surface area (Å²) in [6, 6.07) is 13.6. The maximum absolute atomic E-state index is 11.8. The van der Waals surface area contributed by atoms with Crippen molar-refractivity contribution >= 4 is 16.7 Å². The van der Waals surface area contributed by atoms with E-state index in [1.807, 2.05) is 55.6 Å². The zero-order chi connectivity index (χ0) is 14.8. The van der Waals surface area contributed by atoms with Crippen LogP contribution >= 0.6 is 0 Å². The summed E-state index contributed by atoms with van der Waals surface area (Å²) in [5.41, 5.74) is 4.71. The molecule has 0 unspecified atom stereocenters. The number of rotatable bonds is 4. The van der Waals surface area contributed by atoms with E-state index >= 15 is 0 Å². The van der Waals surface area contributed by atoms with Crippen LogP contribution < -0.4 is 0 Å². The SMILES string of the molecule is CCC(=O)c1cccc(-c2c[nH]c3cc(CO)ccc23)c1. The largest absolute Gasteiger partial charge is 0.392 e. The monoisotopic (exact) mass is 279 g/mol. The molecule has 2 aromatic carbocycles. The minimum atomic E-state index is 0.0325. The fourth-order valence-corrected chi connectivity index (χ4v) is 2.57. The molecule has 1 aromatic heterocycles. The van der Waals surface area contributed by atoms with Crippen molar-refractivity contribution in [1.82, 2.24) is 4.98 Å². The van der Waals surface area contributed by atoms with Crippen LogP contribution in [0.3, 0.4) is 0 Å². The van der Waals surface area contributed by atoms with E-state index in [4.69, 9.17) is 0 Å². The van der Waals surface area contributed by atoms with E-state index in [-0.39, 0.29) is 12.4 Å². The molecule has 3 nitrogen and oxygen atoms in total. The maximum Gasteiger partial charge on any atom is 0.162 e. The lowest BCUT2D eigenvalue weighted by Gasteiger charge is -2.04. The Hall–Kier alpha value is -2.39. The van der Waals surface area contributed by atoms with Gasteiger partial charge >= 0.3 is 0 Å². The predicted molar refractivity (Wildman–Crippen MR) is 84.3 cm³/mol. The minimum absolute atomic E-state index is 0.0325. The Morgan fingerprint density at radius 3 is 2.81 bits per heavy atom. The average molecular weight is 279 g/mol. The zero-order valence-corrected chi connectivity index (χ0v) is 11.9. The third kappa shape index (κ3) is 2.48. The smallest absolute Gasteiger partial charge is 0.162 e. The van der Waals surface area contributed by atoms with Crippen LogP contribution in [0.25, 0.3) is 22.0 Å². The number of carbonyl (C=O) groups is 1. The van der Waals surface area contributed by atoms with Crippen molar-refractivity contribution in [3.63, 3.8) is 0 Å². The molecule has 0 aliphatic heterocycles. The molecule has 0 spiro atoms. The number of hydrogen-bond acceptors (Lipinski definition) is 2. The molecule has 0 radical (unpaired) electrons. The summed E-state index contributed by atoms with van der Waals surface area (Å²) < 4.78 is 0. The first kappa shape index (κ1) is 13.6. The molecule has 3 aromatic rings. The molecule has 0 saturated carbocycles. The van der Waals surface area contributed by atoms with Crippen LogP contribution in [0.4, 0.5) is 0 Å². The van der Waals surface area contributed by atoms with Crippen LogP contribution in [0.15, 0.2) is 48.7 Å². The number of Topliss-reactive ketones (excluding diaryl/α,β-unsaturated/α-hetero) is 1. The number of carbonyl (C=O) groups excluding carboxylic acids is 1. The van der Waals surface area contributed by atoms with Crippen molar-refractivity contribution in [1.29, 1.82) is 0 Å². The predicted octanol–water partition coefficient (Wildman–Crippen LogP) is 3.92. The summed E-state index contributed by atoms with van der Waals surface area (Å²) in [5, 5.41) is 10.3. The lowest BCUT2D eigenvalue weighted by molar-refractivity contribution is 0.0988. The topological polar surface area (TPSA) is 53.1 Å². The zero-order valence-electron chi connectivity index (χ0n) is 11.9. The van der Waals surface area contributed by atoms with Gasteiger partial charge in [0.2, 0.25) is 0 Å². The first-order valence-corrected chi connectivity index (χ1v) is 7.07. The second kappa shape index (κ2) is 5.54. The van der Waals surface area contributed by atoms with Crippen molar-refractivity contribution in [2.24, 2.45) is 0 Å². The molecule has 106 valence electrons. The molecule has 1 heterocycles. The van der Waals surface area contributed by atoms with Gasteiger partial charge in [0.1, 0.15) is 0 Å². The summed E-state index contributed by atoms with van der Waals surface area (Å²) in [6.45, 7) is 1.90. The highest BCUT2D eigenvalue weighted by Crippen LogP contribution is 2.30. The van der Waals surface area contributed by atoms with E-state index in [0.29, 0.717) is 6.42 Å². The summed E-state index contributed by atoms with van der Waals surface area (Å²) in [4.78, 5) is 15.1. The maximum atomic E-state index is 11.8. The van der Waals surface area contributed by atoms with Gasteiger partial charge in [-0.05, 0) is 23.3 Å². The molecule has 0 saturated heterocycles. The van der Waals surface area contributed by atoms with E-state index in [0.717, 1.165) is 33.2 Å². The molecular formula is C18H17NO2. The molecule has 0 aliphatic rings. The Balaban J connectivity index is 2.10. The highest BCUT2D eigenvalue weighted by molar-refractivity contribution is 6.00. The molecular weight excluding hydrogens is 262 g/mol. The first-order valence-electron chi connectivity index (χ1n) is 7.07. The van der Waals surface area contributed by atoms with E-state index in [1.165, 1.54) is 0 Å². The fraction of sp³-hybridized carbons (Fsp3) is 0.167. The van der Waals surface area contributed by atoms with Crippen molar-refractivity contribution in [3.8, 4) is 11.1 Å². The Labute approximate surface area is 123 Å². The van der Waals surface area contributed by atoms with Gasteiger partial charge in [-0.2, -0.15) is 0 Å². The molecule has 3 rings (SSSR count). The number of aromatic amines is 1. The van der Waals surface area contributed by atoms with Gasteiger partial charge in [0.15, 0.2) is 5.78 Å². The van der Waals surface area contributed by atoms with Crippen molar-refractivity contribution in [2.75, 3.05) is 0 Å². The number of fused-ring (bicyclic) bond motifs is 1. The Bertz CT molecular complexity index is 802. The van der Waals surface area contributed by atoms with Crippen LogP contribution in [0.1, 0.15) is 29.3 Å². The normalized spacial score (nSPS) is 11.0. The minimum Gasteiger partial charge on any atom is -0.392 e. The molecule has 0 aliphatic carbocycles. The summed E-state index contributed by atoms with van der Waals surface area (Å²) in [6.07, 6.45) is 2.46. The Morgan fingerprint density at radius 1 is 1.19 bits per heavy atom. The number of benzene rings is 2. The third-order valence-corrected chi connectivity index (χ3v) is 3.75. The van der Waals surface area contributed by atoms with Crippen LogP contribution in [0.2, 0.25) is 0 Å². The van der Waals surface area contributed by atoms with Crippen LogP contribution in [0.5, 0.6) is 0 Å². The molecule has 0 fully saturated rings. The third-order valence-electron chi connectivity index (χ3n) is 3.75. The molecule has 0 bridgehead atoms. The van der Waals surface area contributed by atoms with Gasteiger partial charge in [0.05, 0.1) is 6.61 Å². The highest BCUT2D eigenvalue weighted by atomic mass is 16.3. The summed E-state index contributed by atoms with van der Waals surface area (Å²) in [7, 11) is 0. The second-order valence-corrected chi connectivity index (χ2v) is 5.10. The van der Waals surface area contributed by atoms with E-state index in [1.54, 1.807) is 0 Å². The number of ketones is 1. The Kier molecular flexibility index (Phi) is 3.59. The van der Waals surface area contributed by atoms with Crippen LogP contribution in [-0.2, 0) is 6.61 Å². The van der Waals surface area contributed by atoms with Gasteiger partial charge in [-0.3, -0.25) is 4.79 Å². The van der Waals surface area contributed by atoms with Crippen molar-refractivity contribution < 1.29 is 9.90 Å². The number of aliphatic hydroxyl groups is 1. The molecule has 0 atom stereocenters. The van der Waals surface area contributed by atoms with E-state index in [9.17, 15) is 9.90 Å². The number of aliphatic hydroxyl groups excluding tert-OH is 1. The quantitative estimate of drug-likeness (QED) is 0.711.